The van der Waals surface area contributed by atoms with Crippen LogP contribution < -0.4 is 5.32 Å². The second-order valence-corrected chi connectivity index (χ2v) is 8.86. The predicted octanol–water partition coefficient (Wildman–Crippen LogP) is 5.44. The molecule has 2 aromatic rings. The molecule has 1 heterocycles. The zero-order chi connectivity index (χ0) is 19.1. The Morgan fingerprint density at radius 2 is 1.89 bits per heavy atom. The molecule has 0 aliphatic heterocycles. The third-order valence-corrected chi connectivity index (χ3v) is 6.61. The Bertz CT molecular complexity index is 735. The number of thioether (sulfide) groups is 2. The van der Waals surface area contributed by atoms with Gasteiger partial charge in [-0.1, -0.05) is 25.7 Å². The van der Waals surface area contributed by atoms with Crippen molar-refractivity contribution in [2.45, 2.75) is 62.1 Å². The van der Waals surface area contributed by atoms with Gasteiger partial charge in [-0.05, 0) is 50.3 Å². The Morgan fingerprint density at radius 1 is 1.19 bits per heavy atom. The van der Waals surface area contributed by atoms with Crippen molar-refractivity contribution in [3.8, 4) is 11.5 Å². The van der Waals surface area contributed by atoms with Crippen LogP contribution in [0, 0.1) is 6.92 Å². The number of hydrogen-bond donors (Lipinski definition) is 1. The Hall–Kier alpha value is -1.40. The average molecular weight is 405 g/mol. The van der Waals surface area contributed by atoms with Gasteiger partial charge < -0.3 is 9.73 Å². The van der Waals surface area contributed by atoms with Crippen molar-refractivity contribution < 1.29 is 9.21 Å². The van der Waals surface area contributed by atoms with Crippen LogP contribution in [-0.4, -0.2) is 28.9 Å². The van der Waals surface area contributed by atoms with Crippen LogP contribution in [0.5, 0.6) is 0 Å². The summed E-state index contributed by atoms with van der Waals surface area (Å²) in [5, 5.41) is 3.20. The molecule has 1 saturated carbocycles. The summed E-state index contributed by atoms with van der Waals surface area (Å²) in [5.41, 5.74) is 1.91. The second-order valence-electron chi connectivity index (χ2n) is 7.00. The van der Waals surface area contributed by atoms with Gasteiger partial charge in [0.25, 0.3) is 0 Å². The predicted molar refractivity (Wildman–Crippen MR) is 114 cm³/mol. The summed E-state index contributed by atoms with van der Waals surface area (Å²) in [4.78, 5) is 18.1. The van der Waals surface area contributed by atoms with Crippen molar-refractivity contribution in [2.75, 3.05) is 12.0 Å². The largest absolute Gasteiger partial charge is 0.441 e. The number of benzene rings is 1. The molecule has 0 spiro atoms. The van der Waals surface area contributed by atoms with E-state index in [-0.39, 0.29) is 5.91 Å². The first-order valence-corrected chi connectivity index (χ1v) is 12.0. The molecule has 1 aromatic heterocycles. The van der Waals surface area contributed by atoms with Gasteiger partial charge in [0.1, 0.15) is 5.76 Å². The smallest absolute Gasteiger partial charge is 0.230 e. The van der Waals surface area contributed by atoms with Gasteiger partial charge in [-0.2, -0.15) is 0 Å². The highest BCUT2D eigenvalue weighted by atomic mass is 32.2. The molecule has 27 heavy (non-hydrogen) atoms. The minimum absolute atomic E-state index is 0.140. The first-order valence-electron chi connectivity index (χ1n) is 9.63. The van der Waals surface area contributed by atoms with Crippen LogP contribution in [0.1, 0.15) is 50.0 Å². The number of nitrogens with one attached hydrogen (secondary N) is 1. The Balaban J connectivity index is 1.49. The highest BCUT2D eigenvalue weighted by molar-refractivity contribution is 7.99. The van der Waals surface area contributed by atoms with Crippen molar-refractivity contribution in [1.82, 2.24) is 10.3 Å². The topological polar surface area (TPSA) is 55.1 Å². The molecule has 146 valence electrons. The van der Waals surface area contributed by atoms with E-state index in [2.05, 4.69) is 28.7 Å². The molecule has 4 nitrogen and oxygen atoms in total. The van der Waals surface area contributed by atoms with Gasteiger partial charge in [-0.3, -0.25) is 4.79 Å². The first-order chi connectivity index (χ1) is 13.2. The van der Waals surface area contributed by atoms with Crippen molar-refractivity contribution >= 4 is 29.4 Å². The fourth-order valence-electron chi connectivity index (χ4n) is 3.35. The molecule has 1 aromatic carbocycles. The molecule has 1 fully saturated rings. The van der Waals surface area contributed by atoms with Crippen LogP contribution >= 0.6 is 23.5 Å². The molecule has 6 heteroatoms. The van der Waals surface area contributed by atoms with Crippen molar-refractivity contribution in [3.05, 3.63) is 35.7 Å². The molecule has 1 amide bonds. The Kier molecular flexibility index (Phi) is 7.70. The summed E-state index contributed by atoms with van der Waals surface area (Å²) in [5.74, 6) is 2.78. The van der Waals surface area contributed by atoms with Gasteiger partial charge in [-0.15, -0.1) is 23.5 Å². The van der Waals surface area contributed by atoms with Crippen LogP contribution in [0.3, 0.4) is 0 Å². The molecule has 1 aliphatic carbocycles. The fourth-order valence-corrected chi connectivity index (χ4v) is 4.59. The third kappa shape index (κ3) is 6.04. The lowest BCUT2D eigenvalue weighted by atomic mass is 10.1. The van der Waals surface area contributed by atoms with Crippen molar-refractivity contribution in [2.24, 2.45) is 0 Å². The lowest BCUT2D eigenvalue weighted by Gasteiger charge is -2.15. The number of rotatable bonds is 7. The maximum absolute atomic E-state index is 12.2. The van der Waals surface area contributed by atoms with Gasteiger partial charge >= 0.3 is 0 Å². The number of amides is 1. The highest BCUT2D eigenvalue weighted by Gasteiger charge is 2.16. The minimum atomic E-state index is 0.140. The summed E-state index contributed by atoms with van der Waals surface area (Å²) in [6.07, 6.45) is 9.37. The summed E-state index contributed by atoms with van der Waals surface area (Å²) in [6, 6.07) is 8.59. The number of carbonyl (C=O) groups excluding carboxylic acids is 1. The maximum atomic E-state index is 12.2. The molecule has 0 atom stereocenters. The molecule has 3 rings (SSSR count). The Labute approximate surface area is 170 Å². The molecule has 0 radical (unpaired) electrons. The van der Waals surface area contributed by atoms with Crippen molar-refractivity contribution in [3.63, 3.8) is 0 Å². The lowest BCUT2D eigenvalue weighted by Crippen LogP contribution is -2.35. The molecule has 0 unspecified atom stereocenters. The standard InChI is InChI=1S/C21H28N2O2S2/c1-15-19(23-21(25-15)16-9-11-18(26-2)12-10-16)13-27-14-20(24)22-17-7-5-3-4-6-8-17/h9-12,17H,3-8,13-14H2,1-2H3,(H,22,24). The van der Waals surface area contributed by atoms with Crippen LogP contribution in [0.15, 0.2) is 33.6 Å². The number of carbonyl (C=O) groups is 1. The SMILES string of the molecule is CSc1ccc(-c2nc(CSCC(=O)NC3CCCCCC3)c(C)o2)cc1. The molecule has 0 bridgehead atoms. The molecule has 0 saturated heterocycles. The summed E-state index contributed by atoms with van der Waals surface area (Å²) >= 11 is 3.32. The van der Waals surface area contributed by atoms with E-state index in [1.165, 1.54) is 30.6 Å². The van der Waals surface area contributed by atoms with E-state index in [4.69, 9.17) is 4.42 Å². The first kappa shape index (κ1) is 20.3. The number of aryl methyl sites for hydroxylation is 1. The van der Waals surface area contributed by atoms with E-state index < -0.39 is 0 Å². The zero-order valence-corrected chi connectivity index (χ0v) is 17.8. The lowest BCUT2D eigenvalue weighted by molar-refractivity contribution is -0.119. The van der Waals surface area contributed by atoms with Crippen LogP contribution in [0.2, 0.25) is 0 Å². The molecular formula is C21H28N2O2S2. The highest BCUT2D eigenvalue weighted by Crippen LogP contribution is 2.26. The van der Waals surface area contributed by atoms with E-state index in [1.54, 1.807) is 23.5 Å². The van der Waals surface area contributed by atoms with Crippen LogP contribution in [-0.2, 0) is 10.5 Å². The quantitative estimate of drug-likeness (QED) is 0.492. The number of hydrogen-bond acceptors (Lipinski definition) is 5. The number of nitrogens with zero attached hydrogens (tertiary/aromatic N) is 1. The van der Waals surface area contributed by atoms with Crippen LogP contribution in [0.25, 0.3) is 11.5 Å². The van der Waals surface area contributed by atoms with Gasteiger partial charge in [0.15, 0.2) is 0 Å². The van der Waals surface area contributed by atoms with E-state index in [0.29, 0.717) is 23.4 Å². The van der Waals surface area contributed by atoms with Gasteiger partial charge in [-0.25, -0.2) is 4.98 Å². The van der Waals surface area contributed by atoms with Gasteiger partial charge in [0.2, 0.25) is 11.8 Å². The van der Waals surface area contributed by atoms with Gasteiger partial charge in [0.05, 0.1) is 11.4 Å². The summed E-state index contributed by atoms with van der Waals surface area (Å²) < 4.78 is 5.84. The zero-order valence-electron chi connectivity index (χ0n) is 16.1. The van der Waals surface area contributed by atoms with Gasteiger partial charge in [0, 0.05) is 22.3 Å². The average Bonchev–Trinajstić information content (AvgIpc) is 2.87. The van der Waals surface area contributed by atoms with E-state index in [1.807, 2.05) is 19.1 Å². The molecular weight excluding hydrogens is 376 g/mol. The minimum Gasteiger partial charge on any atom is -0.441 e. The summed E-state index contributed by atoms with van der Waals surface area (Å²) in [6.45, 7) is 1.94. The number of oxazole rings is 1. The monoisotopic (exact) mass is 404 g/mol. The number of aromatic nitrogens is 1. The second kappa shape index (κ2) is 10.2. The van der Waals surface area contributed by atoms with Crippen molar-refractivity contribution in [1.29, 1.82) is 0 Å². The maximum Gasteiger partial charge on any atom is 0.230 e. The summed E-state index contributed by atoms with van der Waals surface area (Å²) in [7, 11) is 0. The Morgan fingerprint density at radius 3 is 2.56 bits per heavy atom. The van der Waals surface area contributed by atoms with E-state index in [0.717, 1.165) is 29.9 Å². The van der Waals surface area contributed by atoms with Crippen LogP contribution in [0.4, 0.5) is 0 Å². The normalized spacial score (nSPS) is 15.5. The fraction of sp³-hybridized carbons (Fsp3) is 0.524. The van der Waals surface area contributed by atoms with E-state index in [9.17, 15) is 4.79 Å². The molecule has 1 aliphatic rings. The van der Waals surface area contributed by atoms with E-state index >= 15 is 0 Å². The third-order valence-electron chi connectivity index (χ3n) is 4.92. The molecule has 1 N–H and O–H groups in total.